The molecule has 1 aliphatic carbocycles. The molecule has 4 heteroatoms. The third kappa shape index (κ3) is 1.82. The number of nitrogens with zero attached hydrogens (tertiary/aromatic N) is 1. The molecule has 2 heterocycles. The van der Waals surface area contributed by atoms with Gasteiger partial charge >= 0.3 is 0 Å². The van der Waals surface area contributed by atoms with Crippen molar-refractivity contribution in [2.24, 2.45) is 5.92 Å². The maximum Gasteiger partial charge on any atom is 0.251 e. The highest BCUT2D eigenvalue weighted by molar-refractivity contribution is 5.97. The Morgan fingerprint density at radius 3 is 3.22 bits per heavy atom. The second-order valence-corrected chi connectivity index (χ2v) is 5.02. The second kappa shape index (κ2) is 4.71. The number of rotatable bonds is 4. The molecule has 0 aromatic heterocycles. The molecule has 4 nitrogen and oxygen atoms in total. The molecule has 0 aromatic rings. The van der Waals surface area contributed by atoms with Crippen LogP contribution < -0.4 is 5.32 Å². The third-order valence-electron chi connectivity index (χ3n) is 3.91. The van der Waals surface area contributed by atoms with Gasteiger partial charge in [-0.15, -0.1) is 0 Å². The lowest BCUT2D eigenvalue weighted by atomic mass is 9.86. The fraction of sp³-hybridized carbons (Fsp3) is 0.500. The van der Waals surface area contributed by atoms with Crippen molar-refractivity contribution in [3.05, 3.63) is 35.5 Å². The van der Waals surface area contributed by atoms with Gasteiger partial charge in [0, 0.05) is 31.1 Å². The average Bonchev–Trinajstić information content (AvgIpc) is 2.81. The minimum atomic E-state index is 0.0985. The Bertz CT molecular complexity index is 451. The minimum Gasteiger partial charge on any atom is -0.395 e. The summed E-state index contributed by atoms with van der Waals surface area (Å²) in [7, 11) is 0. The van der Waals surface area contributed by atoms with Gasteiger partial charge in [0.25, 0.3) is 5.91 Å². The molecule has 3 aliphatic rings. The molecule has 0 aromatic carbocycles. The lowest BCUT2D eigenvalue weighted by molar-refractivity contribution is -0.128. The van der Waals surface area contributed by atoms with Crippen LogP contribution in [0.1, 0.15) is 6.42 Å². The molecule has 0 saturated carbocycles. The summed E-state index contributed by atoms with van der Waals surface area (Å²) in [5.74, 6) is 0.651. The number of amides is 1. The van der Waals surface area contributed by atoms with Gasteiger partial charge in [0.05, 0.1) is 12.6 Å². The first-order valence-electron chi connectivity index (χ1n) is 6.53. The molecular weight excluding hydrogens is 228 g/mol. The van der Waals surface area contributed by atoms with Gasteiger partial charge in [-0.3, -0.25) is 4.79 Å². The van der Waals surface area contributed by atoms with Crippen molar-refractivity contribution in [3.63, 3.8) is 0 Å². The number of carbonyl (C=O) groups excluding carboxylic acids is 1. The summed E-state index contributed by atoms with van der Waals surface area (Å²) in [6.07, 6.45) is 9.51. The van der Waals surface area contributed by atoms with Crippen LogP contribution in [0.5, 0.6) is 0 Å². The molecule has 2 unspecified atom stereocenters. The van der Waals surface area contributed by atoms with Gasteiger partial charge in [0.1, 0.15) is 0 Å². The van der Waals surface area contributed by atoms with Crippen molar-refractivity contribution < 1.29 is 9.90 Å². The van der Waals surface area contributed by atoms with E-state index < -0.39 is 0 Å². The van der Waals surface area contributed by atoms with E-state index in [1.54, 1.807) is 0 Å². The largest absolute Gasteiger partial charge is 0.395 e. The zero-order valence-corrected chi connectivity index (χ0v) is 10.3. The van der Waals surface area contributed by atoms with Crippen LogP contribution in [0.15, 0.2) is 35.5 Å². The average molecular weight is 246 g/mol. The zero-order valence-electron chi connectivity index (χ0n) is 10.3. The van der Waals surface area contributed by atoms with Crippen molar-refractivity contribution in [2.45, 2.75) is 12.5 Å². The molecule has 0 radical (unpaired) electrons. The molecule has 1 amide bonds. The SMILES string of the molecule is O=C1C(CNCCO)=CC2=CC=CC3CCN1C23. The van der Waals surface area contributed by atoms with Crippen LogP contribution >= 0.6 is 0 Å². The number of hydrogen-bond donors (Lipinski definition) is 2. The number of carbonyl (C=O) groups is 1. The summed E-state index contributed by atoms with van der Waals surface area (Å²) in [4.78, 5) is 14.3. The first-order valence-corrected chi connectivity index (χ1v) is 6.53. The van der Waals surface area contributed by atoms with Crippen LogP contribution in [0.3, 0.4) is 0 Å². The Labute approximate surface area is 107 Å². The highest BCUT2D eigenvalue weighted by atomic mass is 16.3. The maximum atomic E-state index is 12.3. The molecule has 0 bridgehead atoms. The molecule has 3 rings (SSSR count). The number of aliphatic hydroxyl groups excluding tert-OH is 1. The van der Waals surface area contributed by atoms with E-state index >= 15 is 0 Å². The number of hydrogen-bond acceptors (Lipinski definition) is 3. The monoisotopic (exact) mass is 246 g/mol. The van der Waals surface area contributed by atoms with E-state index in [9.17, 15) is 4.79 Å². The van der Waals surface area contributed by atoms with Gasteiger partial charge in [0.15, 0.2) is 0 Å². The molecule has 0 spiro atoms. The maximum absolute atomic E-state index is 12.3. The topological polar surface area (TPSA) is 52.6 Å². The third-order valence-corrected chi connectivity index (χ3v) is 3.91. The van der Waals surface area contributed by atoms with Gasteiger partial charge in [0.2, 0.25) is 0 Å². The van der Waals surface area contributed by atoms with Crippen molar-refractivity contribution in [3.8, 4) is 0 Å². The molecule has 2 atom stereocenters. The molecule has 1 fully saturated rings. The lowest BCUT2D eigenvalue weighted by Crippen LogP contribution is -2.44. The van der Waals surface area contributed by atoms with Gasteiger partial charge < -0.3 is 15.3 Å². The Balaban J connectivity index is 1.83. The van der Waals surface area contributed by atoms with Gasteiger partial charge in [-0.25, -0.2) is 0 Å². The van der Waals surface area contributed by atoms with Crippen LogP contribution in [0, 0.1) is 5.92 Å². The fourth-order valence-corrected chi connectivity index (χ4v) is 3.09. The van der Waals surface area contributed by atoms with Crippen molar-refractivity contribution in [1.82, 2.24) is 10.2 Å². The smallest absolute Gasteiger partial charge is 0.251 e. The van der Waals surface area contributed by atoms with Gasteiger partial charge in [-0.1, -0.05) is 18.2 Å². The number of nitrogens with one attached hydrogen (secondary N) is 1. The normalized spacial score (nSPS) is 29.2. The summed E-state index contributed by atoms with van der Waals surface area (Å²) in [6, 6.07) is 0.268. The van der Waals surface area contributed by atoms with Crippen LogP contribution in [-0.2, 0) is 4.79 Å². The number of aliphatic hydroxyl groups is 1. The fourth-order valence-electron chi connectivity index (χ4n) is 3.09. The molecule has 2 aliphatic heterocycles. The second-order valence-electron chi connectivity index (χ2n) is 5.02. The van der Waals surface area contributed by atoms with E-state index in [1.165, 1.54) is 5.57 Å². The molecule has 18 heavy (non-hydrogen) atoms. The van der Waals surface area contributed by atoms with E-state index in [1.807, 2.05) is 11.0 Å². The first-order chi connectivity index (χ1) is 8.81. The van der Waals surface area contributed by atoms with Crippen molar-refractivity contribution in [1.29, 1.82) is 0 Å². The zero-order chi connectivity index (χ0) is 12.5. The molecular formula is C14H18N2O2. The standard InChI is InChI=1S/C14H18N2O2/c17-7-5-15-9-12-8-11-3-1-2-10-4-6-16(13(10)11)14(12)18/h1-3,8,10,13,15,17H,4-7,9H2. The summed E-state index contributed by atoms with van der Waals surface area (Å²) in [5, 5.41) is 11.8. The van der Waals surface area contributed by atoms with Crippen LogP contribution in [0.25, 0.3) is 0 Å². The minimum absolute atomic E-state index is 0.0985. The van der Waals surface area contributed by atoms with Gasteiger partial charge in [-0.2, -0.15) is 0 Å². The van der Waals surface area contributed by atoms with E-state index in [0.29, 0.717) is 19.0 Å². The quantitative estimate of drug-likeness (QED) is 0.698. The summed E-state index contributed by atoms with van der Waals surface area (Å²) < 4.78 is 0. The Morgan fingerprint density at radius 1 is 1.50 bits per heavy atom. The van der Waals surface area contributed by atoms with Gasteiger partial charge in [-0.05, 0) is 18.1 Å². The Kier molecular flexibility index (Phi) is 3.06. The summed E-state index contributed by atoms with van der Waals surface area (Å²) >= 11 is 0. The van der Waals surface area contributed by atoms with E-state index in [0.717, 1.165) is 18.5 Å². The van der Waals surface area contributed by atoms with Crippen LogP contribution in [0.2, 0.25) is 0 Å². The Morgan fingerprint density at radius 2 is 2.39 bits per heavy atom. The molecule has 1 saturated heterocycles. The predicted molar refractivity (Wildman–Crippen MR) is 68.9 cm³/mol. The van der Waals surface area contributed by atoms with E-state index in [4.69, 9.17) is 5.11 Å². The predicted octanol–water partition coefficient (Wildman–Crippen LogP) is 0.222. The summed E-state index contributed by atoms with van der Waals surface area (Å²) in [5.41, 5.74) is 2.06. The van der Waals surface area contributed by atoms with E-state index in [2.05, 4.69) is 23.5 Å². The highest BCUT2D eigenvalue weighted by Crippen LogP contribution is 2.37. The Hall–Kier alpha value is -1.39. The van der Waals surface area contributed by atoms with Crippen LogP contribution in [-0.4, -0.2) is 48.2 Å². The molecule has 2 N–H and O–H groups in total. The van der Waals surface area contributed by atoms with Crippen LogP contribution in [0.4, 0.5) is 0 Å². The van der Waals surface area contributed by atoms with Crippen molar-refractivity contribution >= 4 is 5.91 Å². The number of allylic oxidation sites excluding steroid dienone is 2. The highest BCUT2D eigenvalue weighted by Gasteiger charge is 2.41. The summed E-state index contributed by atoms with van der Waals surface area (Å²) in [6.45, 7) is 2.01. The molecule has 96 valence electrons. The first kappa shape index (κ1) is 11.7. The van der Waals surface area contributed by atoms with E-state index in [-0.39, 0.29) is 18.6 Å². The van der Waals surface area contributed by atoms with Crippen molar-refractivity contribution in [2.75, 3.05) is 26.2 Å². The lowest BCUT2D eigenvalue weighted by Gasteiger charge is -2.34.